The van der Waals surface area contributed by atoms with E-state index in [0.29, 0.717) is 24.0 Å². The zero-order valence-electron chi connectivity index (χ0n) is 12.1. The van der Waals surface area contributed by atoms with Gasteiger partial charge in [0.15, 0.2) is 5.82 Å². The summed E-state index contributed by atoms with van der Waals surface area (Å²) in [5.74, 6) is 1.13. The normalized spacial score (nSPS) is 10.3. The standard InChI is InChI=1S/C15H20N4O/c1-4-20-15-13(16)14(17-10-18-15)19(3)9-12-8-6-5-7-11(12)2/h5-8,10H,4,9,16H2,1-3H3. The third kappa shape index (κ3) is 2.99. The van der Waals surface area contributed by atoms with Crippen molar-refractivity contribution >= 4 is 11.5 Å². The van der Waals surface area contributed by atoms with Gasteiger partial charge in [-0.15, -0.1) is 0 Å². The van der Waals surface area contributed by atoms with Crippen molar-refractivity contribution in [3.63, 3.8) is 0 Å². The van der Waals surface area contributed by atoms with Crippen molar-refractivity contribution in [1.82, 2.24) is 9.97 Å². The van der Waals surface area contributed by atoms with Gasteiger partial charge in [0.1, 0.15) is 12.0 Å². The molecule has 1 aromatic heterocycles. The van der Waals surface area contributed by atoms with E-state index in [9.17, 15) is 0 Å². The zero-order chi connectivity index (χ0) is 14.5. The molecule has 0 aliphatic carbocycles. The molecule has 0 spiro atoms. The number of hydrogen-bond donors (Lipinski definition) is 1. The average molecular weight is 272 g/mol. The summed E-state index contributed by atoms with van der Waals surface area (Å²) in [5.41, 5.74) is 9.04. The number of ether oxygens (including phenoxy) is 1. The topological polar surface area (TPSA) is 64.3 Å². The fraction of sp³-hybridized carbons (Fsp3) is 0.333. The third-order valence-corrected chi connectivity index (χ3v) is 3.14. The first kappa shape index (κ1) is 14.1. The molecule has 106 valence electrons. The fourth-order valence-electron chi connectivity index (χ4n) is 2.04. The smallest absolute Gasteiger partial charge is 0.242 e. The highest BCUT2D eigenvalue weighted by Crippen LogP contribution is 2.28. The largest absolute Gasteiger partial charge is 0.476 e. The fourth-order valence-corrected chi connectivity index (χ4v) is 2.04. The molecule has 2 rings (SSSR count). The maximum absolute atomic E-state index is 6.07. The van der Waals surface area contributed by atoms with E-state index in [2.05, 4.69) is 29.0 Å². The molecule has 0 saturated heterocycles. The molecule has 0 unspecified atom stereocenters. The minimum atomic E-state index is 0.439. The van der Waals surface area contributed by atoms with Crippen LogP contribution < -0.4 is 15.4 Å². The van der Waals surface area contributed by atoms with Crippen LogP contribution in [0.2, 0.25) is 0 Å². The van der Waals surface area contributed by atoms with Gasteiger partial charge >= 0.3 is 0 Å². The summed E-state index contributed by atoms with van der Waals surface area (Å²) in [4.78, 5) is 10.3. The Labute approximate surface area is 119 Å². The molecule has 1 heterocycles. The van der Waals surface area contributed by atoms with Crippen molar-refractivity contribution in [2.75, 3.05) is 24.3 Å². The first-order chi connectivity index (χ1) is 9.63. The van der Waals surface area contributed by atoms with Crippen molar-refractivity contribution in [3.8, 4) is 5.88 Å². The Morgan fingerprint density at radius 2 is 2.00 bits per heavy atom. The molecule has 0 aliphatic heterocycles. The Balaban J connectivity index is 2.23. The Bertz CT molecular complexity index is 586. The molecule has 20 heavy (non-hydrogen) atoms. The number of aryl methyl sites for hydroxylation is 1. The predicted octanol–water partition coefficient (Wildman–Crippen LogP) is 2.40. The molecule has 2 N–H and O–H groups in total. The van der Waals surface area contributed by atoms with Gasteiger partial charge in [0, 0.05) is 13.6 Å². The van der Waals surface area contributed by atoms with Crippen LogP contribution in [0.3, 0.4) is 0 Å². The van der Waals surface area contributed by atoms with E-state index in [-0.39, 0.29) is 0 Å². The van der Waals surface area contributed by atoms with Gasteiger partial charge in [0.25, 0.3) is 0 Å². The van der Waals surface area contributed by atoms with Gasteiger partial charge in [-0.25, -0.2) is 4.98 Å². The number of nitrogen functional groups attached to an aromatic ring is 1. The Morgan fingerprint density at radius 1 is 1.25 bits per heavy atom. The van der Waals surface area contributed by atoms with Gasteiger partial charge in [-0.3, -0.25) is 0 Å². The first-order valence-corrected chi connectivity index (χ1v) is 6.62. The molecule has 0 aliphatic rings. The maximum Gasteiger partial charge on any atom is 0.242 e. The summed E-state index contributed by atoms with van der Waals surface area (Å²) in [6.45, 7) is 5.26. The lowest BCUT2D eigenvalue weighted by atomic mass is 10.1. The Morgan fingerprint density at radius 3 is 2.70 bits per heavy atom. The van der Waals surface area contributed by atoms with Crippen LogP contribution in [-0.2, 0) is 6.54 Å². The van der Waals surface area contributed by atoms with Gasteiger partial charge in [-0.2, -0.15) is 4.98 Å². The molecule has 0 atom stereocenters. The summed E-state index contributed by atoms with van der Waals surface area (Å²) in [5, 5.41) is 0. The predicted molar refractivity (Wildman–Crippen MR) is 80.9 cm³/mol. The lowest BCUT2D eigenvalue weighted by Gasteiger charge is -2.21. The van der Waals surface area contributed by atoms with E-state index in [1.807, 2.05) is 31.0 Å². The number of rotatable bonds is 5. The highest BCUT2D eigenvalue weighted by atomic mass is 16.5. The monoisotopic (exact) mass is 272 g/mol. The van der Waals surface area contributed by atoms with E-state index in [1.54, 1.807) is 0 Å². The number of nitrogens with zero attached hydrogens (tertiary/aromatic N) is 3. The number of benzene rings is 1. The summed E-state index contributed by atoms with van der Waals surface area (Å²) in [6.07, 6.45) is 1.48. The summed E-state index contributed by atoms with van der Waals surface area (Å²) < 4.78 is 5.40. The van der Waals surface area contributed by atoms with Gasteiger partial charge in [0.05, 0.1) is 6.61 Å². The first-order valence-electron chi connectivity index (χ1n) is 6.62. The quantitative estimate of drug-likeness (QED) is 0.905. The minimum absolute atomic E-state index is 0.439. The molecular formula is C15H20N4O. The van der Waals surface area contributed by atoms with Crippen LogP contribution in [0.5, 0.6) is 5.88 Å². The molecular weight excluding hydrogens is 252 g/mol. The zero-order valence-corrected chi connectivity index (χ0v) is 12.1. The number of anilines is 2. The molecule has 1 aromatic carbocycles. The van der Waals surface area contributed by atoms with Crippen LogP contribution in [0, 0.1) is 6.92 Å². The minimum Gasteiger partial charge on any atom is -0.476 e. The Hall–Kier alpha value is -2.30. The summed E-state index contributed by atoms with van der Waals surface area (Å²) in [7, 11) is 1.96. The van der Waals surface area contributed by atoms with Crippen LogP contribution >= 0.6 is 0 Å². The van der Waals surface area contributed by atoms with Gasteiger partial charge in [0.2, 0.25) is 5.88 Å². The second-order valence-corrected chi connectivity index (χ2v) is 4.63. The van der Waals surface area contributed by atoms with Crippen molar-refractivity contribution in [1.29, 1.82) is 0 Å². The van der Waals surface area contributed by atoms with Gasteiger partial charge in [-0.1, -0.05) is 24.3 Å². The highest BCUT2D eigenvalue weighted by Gasteiger charge is 2.13. The third-order valence-electron chi connectivity index (χ3n) is 3.14. The second kappa shape index (κ2) is 6.23. The summed E-state index contributed by atoms with van der Waals surface area (Å²) in [6, 6.07) is 8.26. The molecule has 2 aromatic rings. The SMILES string of the molecule is CCOc1ncnc(N(C)Cc2ccccc2C)c1N. The maximum atomic E-state index is 6.07. The van der Waals surface area contributed by atoms with Crippen LogP contribution in [0.25, 0.3) is 0 Å². The van der Waals surface area contributed by atoms with Crippen molar-refractivity contribution < 1.29 is 4.74 Å². The van der Waals surface area contributed by atoms with Crippen LogP contribution in [-0.4, -0.2) is 23.6 Å². The lowest BCUT2D eigenvalue weighted by Crippen LogP contribution is -2.20. The van der Waals surface area contributed by atoms with Crippen molar-refractivity contribution in [2.45, 2.75) is 20.4 Å². The molecule has 5 heteroatoms. The molecule has 0 amide bonds. The number of hydrogen-bond acceptors (Lipinski definition) is 5. The van der Waals surface area contributed by atoms with Crippen LogP contribution in [0.4, 0.5) is 11.5 Å². The molecule has 0 radical (unpaired) electrons. The highest BCUT2D eigenvalue weighted by molar-refractivity contribution is 5.67. The van der Waals surface area contributed by atoms with E-state index >= 15 is 0 Å². The summed E-state index contributed by atoms with van der Waals surface area (Å²) >= 11 is 0. The average Bonchev–Trinajstić information content (AvgIpc) is 2.44. The molecule has 0 saturated carbocycles. The van der Waals surface area contributed by atoms with Crippen molar-refractivity contribution in [2.24, 2.45) is 0 Å². The Kier molecular flexibility index (Phi) is 4.40. The number of aromatic nitrogens is 2. The second-order valence-electron chi connectivity index (χ2n) is 4.63. The van der Waals surface area contributed by atoms with Gasteiger partial charge < -0.3 is 15.4 Å². The van der Waals surface area contributed by atoms with E-state index in [0.717, 1.165) is 6.54 Å². The number of nitrogens with two attached hydrogens (primary N) is 1. The molecule has 0 bridgehead atoms. The van der Waals surface area contributed by atoms with E-state index in [1.165, 1.54) is 17.5 Å². The van der Waals surface area contributed by atoms with Crippen LogP contribution in [0.15, 0.2) is 30.6 Å². The van der Waals surface area contributed by atoms with E-state index in [4.69, 9.17) is 10.5 Å². The van der Waals surface area contributed by atoms with Crippen molar-refractivity contribution in [3.05, 3.63) is 41.7 Å². The van der Waals surface area contributed by atoms with Gasteiger partial charge in [-0.05, 0) is 25.0 Å². The van der Waals surface area contributed by atoms with Crippen LogP contribution in [0.1, 0.15) is 18.1 Å². The van der Waals surface area contributed by atoms with E-state index < -0.39 is 0 Å². The molecule has 0 fully saturated rings. The lowest BCUT2D eigenvalue weighted by molar-refractivity contribution is 0.328. The molecule has 5 nitrogen and oxygen atoms in total.